The lowest BCUT2D eigenvalue weighted by molar-refractivity contribution is -0.140. The number of aliphatic hydroxyl groups is 1. The SMILES string of the molecule is C=CCOC(=O)Nc1cc(OCCCC(=O)OC)c(OC)cc1C(=O)N1CCC[C@@H]1CO. The first-order valence-corrected chi connectivity index (χ1v) is 10.3. The number of carbonyl (C=O) groups excluding carboxylic acids is 3. The highest BCUT2D eigenvalue weighted by Crippen LogP contribution is 2.35. The lowest BCUT2D eigenvalue weighted by Gasteiger charge is -2.25. The van der Waals surface area contributed by atoms with Gasteiger partial charge in [-0.2, -0.15) is 0 Å². The number of likely N-dealkylation sites (tertiary alicyclic amines) is 1. The van der Waals surface area contributed by atoms with Crippen molar-refractivity contribution in [3.63, 3.8) is 0 Å². The number of nitrogens with one attached hydrogen (secondary N) is 1. The summed E-state index contributed by atoms with van der Waals surface area (Å²) in [6.07, 6.45) is 2.73. The molecule has 1 saturated heterocycles. The average Bonchev–Trinajstić information content (AvgIpc) is 3.28. The Bertz CT molecular complexity index is 826. The largest absolute Gasteiger partial charge is 0.493 e. The van der Waals surface area contributed by atoms with Crippen LogP contribution in [0.15, 0.2) is 24.8 Å². The van der Waals surface area contributed by atoms with E-state index in [4.69, 9.17) is 14.2 Å². The minimum absolute atomic E-state index is 0.000858. The molecule has 1 aromatic carbocycles. The molecule has 1 aromatic rings. The third-order valence-corrected chi connectivity index (χ3v) is 4.96. The van der Waals surface area contributed by atoms with E-state index in [0.29, 0.717) is 19.4 Å². The fraction of sp³-hybridized carbons (Fsp3) is 0.500. The van der Waals surface area contributed by atoms with Gasteiger partial charge in [0.2, 0.25) is 0 Å². The number of amides is 2. The summed E-state index contributed by atoms with van der Waals surface area (Å²) >= 11 is 0. The van der Waals surface area contributed by atoms with Gasteiger partial charge in [-0.05, 0) is 25.3 Å². The number of ether oxygens (including phenoxy) is 4. The average molecular weight is 450 g/mol. The van der Waals surface area contributed by atoms with Gasteiger partial charge in [-0.3, -0.25) is 14.9 Å². The predicted octanol–water partition coefficient (Wildman–Crippen LogP) is 2.36. The molecule has 10 heteroatoms. The Hall–Kier alpha value is -3.27. The lowest BCUT2D eigenvalue weighted by atomic mass is 10.1. The zero-order valence-corrected chi connectivity index (χ0v) is 18.4. The minimum Gasteiger partial charge on any atom is -0.493 e. The monoisotopic (exact) mass is 450 g/mol. The van der Waals surface area contributed by atoms with Crippen molar-refractivity contribution in [2.45, 2.75) is 31.7 Å². The van der Waals surface area contributed by atoms with Gasteiger partial charge in [0.15, 0.2) is 11.5 Å². The van der Waals surface area contributed by atoms with Crippen LogP contribution in [0.4, 0.5) is 10.5 Å². The summed E-state index contributed by atoms with van der Waals surface area (Å²) in [6, 6.07) is 2.67. The Balaban J connectivity index is 2.31. The van der Waals surface area contributed by atoms with Gasteiger partial charge in [-0.15, -0.1) is 0 Å². The van der Waals surface area contributed by atoms with Gasteiger partial charge in [0.25, 0.3) is 5.91 Å². The fourth-order valence-electron chi connectivity index (χ4n) is 3.34. The second-order valence-electron chi connectivity index (χ2n) is 7.07. The molecule has 32 heavy (non-hydrogen) atoms. The quantitative estimate of drug-likeness (QED) is 0.299. The number of carbonyl (C=O) groups is 3. The van der Waals surface area contributed by atoms with Crippen LogP contribution >= 0.6 is 0 Å². The van der Waals surface area contributed by atoms with Crippen LogP contribution in [0.1, 0.15) is 36.0 Å². The lowest BCUT2D eigenvalue weighted by Crippen LogP contribution is -2.38. The highest BCUT2D eigenvalue weighted by atomic mass is 16.5. The molecule has 0 aliphatic carbocycles. The molecule has 1 heterocycles. The van der Waals surface area contributed by atoms with Crippen LogP contribution in [0.5, 0.6) is 11.5 Å². The summed E-state index contributed by atoms with van der Waals surface area (Å²) in [5, 5.41) is 12.2. The van der Waals surface area contributed by atoms with E-state index in [9.17, 15) is 19.5 Å². The second-order valence-corrected chi connectivity index (χ2v) is 7.07. The molecule has 1 aliphatic heterocycles. The highest BCUT2D eigenvalue weighted by molar-refractivity contribution is 6.03. The summed E-state index contributed by atoms with van der Waals surface area (Å²) in [6.45, 7) is 4.04. The first kappa shape index (κ1) is 25.0. The van der Waals surface area contributed by atoms with Crippen molar-refractivity contribution in [2.24, 2.45) is 0 Å². The zero-order valence-electron chi connectivity index (χ0n) is 18.4. The molecular formula is C22H30N2O8. The van der Waals surface area contributed by atoms with Crippen molar-refractivity contribution in [3.8, 4) is 11.5 Å². The van der Waals surface area contributed by atoms with E-state index in [1.54, 1.807) is 4.90 Å². The third-order valence-electron chi connectivity index (χ3n) is 4.96. The van der Waals surface area contributed by atoms with Crippen molar-refractivity contribution in [1.82, 2.24) is 4.90 Å². The summed E-state index contributed by atoms with van der Waals surface area (Å²) in [5.41, 5.74) is 0.357. The van der Waals surface area contributed by atoms with Crippen molar-refractivity contribution >= 4 is 23.7 Å². The van der Waals surface area contributed by atoms with Gasteiger partial charge in [0.1, 0.15) is 6.61 Å². The first-order chi connectivity index (χ1) is 15.4. The van der Waals surface area contributed by atoms with Crippen LogP contribution in [0, 0.1) is 0 Å². The Morgan fingerprint density at radius 1 is 1.28 bits per heavy atom. The third kappa shape index (κ3) is 6.61. The molecule has 10 nitrogen and oxygen atoms in total. The molecule has 2 amide bonds. The normalized spacial score (nSPS) is 15.1. The van der Waals surface area contributed by atoms with E-state index in [1.807, 2.05) is 0 Å². The van der Waals surface area contributed by atoms with Gasteiger partial charge in [-0.1, -0.05) is 12.7 Å². The standard InChI is InChI=1S/C22H30N2O8/c1-4-10-32-22(28)23-17-13-19(31-11-6-8-20(26)30-3)18(29-2)12-16(17)21(27)24-9-5-7-15(24)14-25/h4,12-13,15,25H,1,5-11,14H2,2-3H3,(H,23,28)/t15-/m1/s1. The smallest absolute Gasteiger partial charge is 0.411 e. The van der Waals surface area contributed by atoms with Crippen molar-refractivity contribution in [2.75, 3.05) is 45.9 Å². The summed E-state index contributed by atoms with van der Waals surface area (Å²) in [7, 11) is 2.75. The number of methoxy groups -OCH3 is 2. The van der Waals surface area contributed by atoms with Crippen LogP contribution in [-0.4, -0.2) is 74.6 Å². The van der Waals surface area contributed by atoms with Crippen molar-refractivity contribution < 1.29 is 38.4 Å². The van der Waals surface area contributed by atoms with E-state index in [2.05, 4.69) is 16.6 Å². The number of esters is 1. The van der Waals surface area contributed by atoms with Crippen LogP contribution < -0.4 is 14.8 Å². The molecular weight excluding hydrogens is 420 g/mol. The van der Waals surface area contributed by atoms with Crippen LogP contribution in [0.3, 0.4) is 0 Å². The zero-order chi connectivity index (χ0) is 23.5. The molecule has 1 atom stereocenters. The molecule has 0 radical (unpaired) electrons. The maximum atomic E-state index is 13.2. The topological polar surface area (TPSA) is 124 Å². The van der Waals surface area contributed by atoms with Crippen molar-refractivity contribution in [3.05, 3.63) is 30.4 Å². The molecule has 1 aliphatic rings. The number of aliphatic hydroxyl groups excluding tert-OH is 1. The summed E-state index contributed by atoms with van der Waals surface area (Å²) < 4.78 is 20.7. The van der Waals surface area contributed by atoms with Gasteiger partial charge in [0, 0.05) is 19.0 Å². The number of benzene rings is 1. The summed E-state index contributed by atoms with van der Waals surface area (Å²) in [4.78, 5) is 38.2. The highest BCUT2D eigenvalue weighted by Gasteiger charge is 2.31. The van der Waals surface area contributed by atoms with Crippen LogP contribution in [-0.2, 0) is 14.3 Å². The molecule has 1 fully saturated rings. The van der Waals surface area contributed by atoms with E-state index in [0.717, 1.165) is 6.42 Å². The van der Waals surface area contributed by atoms with E-state index in [-0.39, 0.29) is 66.9 Å². The number of rotatable bonds is 11. The first-order valence-electron chi connectivity index (χ1n) is 10.3. The van der Waals surface area contributed by atoms with Gasteiger partial charge >= 0.3 is 12.1 Å². The number of hydrogen-bond acceptors (Lipinski definition) is 8. The maximum absolute atomic E-state index is 13.2. The van der Waals surface area contributed by atoms with E-state index in [1.165, 1.54) is 32.4 Å². The molecule has 2 rings (SSSR count). The van der Waals surface area contributed by atoms with E-state index >= 15 is 0 Å². The molecule has 0 unspecified atom stereocenters. The van der Waals surface area contributed by atoms with Gasteiger partial charge in [0.05, 0.1) is 44.7 Å². The van der Waals surface area contributed by atoms with Crippen LogP contribution in [0.2, 0.25) is 0 Å². The Labute approximate surface area is 187 Å². The van der Waals surface area contributed by atoms with E-state index < -0.39 is 6.09 Å². The molecule has 0 aromatic heterocycles. The van der Waals surface area contributed by atoms with Crippen LogP contribution in [0.25, 0.3) is 0 Å². The Kier molecular flexibility index (Phi) is 9.80. The van der Waals surface area contributed by atoms with Gasteiger partial charge < -0.3 is 29.0 Å². The Morgan fingerprint density at radius 3 is 2.72 bits per heavy atom. The summed E-state index contributed by atoms with van der Waals surface area (Å²) in [5.74, 6) is -0.127. The second kappa shape index (κ2) is 12.6. The van der Waals surface area contributed by atoms with Gasteiger partial charge in [-0.25, -0.2) is 4.79 Å². The molecule has 176 valence electrons. The molecule has 0 bridgehead atoms. The molecule has 0 spiro atoms. The molecule has 0 saturated carbocycles. The van der Waals surface area contributed by atoms with Crippen molar-refractivity contribution in [1.29, 1.82) is 0 Å². The number of anilines is 1. The fourth-order valence-corrected chi connectivity index (χ4v) is 3.34. The predicted molar refractivity (Wildman–Crippen MR) is 116 cm³/mol. The number of hydrogen-bond donors (Lipinski definition) is 2. The maximum Gasteiger partial charge on any atom is 0.411 e. The number of nitrogens with zero attached hydrogens (tertiary/aromatic N) is 1. The minimum atomic E-state index is -0.763. The molecule has 2 N–H and O–H groups in total. The Morgan fingerprint density at radius 2 is 2.06 bits per heavy atom.